The predicted octanol–water partition coefficient (Wildman–Crippen LogP) is 2.55. The molecule has 0 saturated carbocycles. The number of amides is 2. The topological polar surface area (TPSA) is 108 Å². The van der Waals surface area contributed by atoms with Crippen LogP contribution < -0.4 is 15.5 Å². The van der Waals surface area contributed by atoms with E-state index in [-0.39, 0.29) is 24.0 Å². The Kier molecular flexibility index (Phi) is 7.19. The van der Waals surface area contributed by atoms with Crippen LogP contribution >= 0.6 is 0 Å². The Hall–Kier alpha value is -3.46. The first-order valence-electron chi connectivity index (χ1n) is 10.2. The van der Waals surface area contributed by atoms with Gasteiger partial charge in [0.05, 0.1) is 11.0 Å². The molecule has 1 saturated heterocycles. The molecule has 2 N–H and O–H groups in total. The smallest absolute Gasteiger partial charge is 0.313 e. The molecule has 0 bridgehead atoms. The number of nitrogens with zero attached hydrogens (tertiary/aromatic N) is 3. The second kappa shape index (κ2) is 10.0. The van der Waals surface area contributed by atoms with Crippen molar-refractivity contribution in [3.63, 3.8) is 0 Å². The molecule has 2 amide bonds. The molecule has 9 heteroatoms. The molecule has 0 spiro atoms. The fourth-order valence-electron chi connectivity index (χ4n) is 3.69. The number of anilines is 2. The Bertz CT molecular complexity index is 939. The number of carbonyl (C=O) groups is 2. The fourth-order valence-corrected chi connectivity index (χ4v) is 3.69. The normalized spacial score (nSPS) is 14.6. The van der Waals surface area contributed by atoms with Crippen LogP contribution in [0.4, 0.5) is 17.1 Å². The van der Waals surface area contributed by atoms with Crippen LogP contribution in [-0.2, 0) is 9.59 Å². The maximum absolute atomic E-state index is 12.4. The second-order valence-electron chi connectivity index (χ2n) is 7.68. The quantitative estimate of drug-likeness (QED) is 0.401. The summed E-state index contributed by atoms with van der Waals surface area (Å²) in [6.45, 7) is 2.13. The van der Waals surface area contributed by atoms with Crippen LogP contribution in [0.2, 0.25) is 0 Å². The lowest BCUT2D eigenvalue weighted by Crippen LogP contribution is -2.41. The minimum absolute atomic E-state index is 0.0111. The summed E-state index contributed by atoms with van der Waals surface area (Å²) in [5, 5.41) is 16.1. The first-order chi connectivity index (χ1) is 14.9. The van der Waals surface area contributed by atoms with Crippen molar-refractivity contribution >= 4 is 28.9 Å². The molecule has 1 unspecified atom stereocenters. The molecule has 2 aromatic rings. The monoisotopic (exact) mass is 425 g/mol. The van der Waals surface area contributed by atoms with Crippen LogP contribution in [0.25, 0.3) is 0 Å². The zero-order valence-corrected chi connectivity index (χ0v) is 17.7. The van der Waals surface area contributed by atoms with Crippen LogP contribution in [0.1, 0.15) is 24.4 Å². The van der Waals surface area contributed by atoms with Gasteiger partial charge in [-0.05, 0) is 49.7 Å². The van der Waals surface area contributed by atoms with E-state index in [2.05, 4.69) is 15.5 Å². The largest absolute Gasteiger partial charge is 0.378 e. The summed E-state index contributed by atoms with van der Waals surface area (Å²) >= 11 is 0. The van der Waals surface area contributed by atoms with Crippen molar-refractivity contribution in [1.29, 1.82) is 0 Å². The van der Waals surface area contributed by atoms with Gasteiger partial charge >= 0.3 is 11.8 Å². The number of benzene rings is 2. The molecule has 1 aliphatic heterocycles. The van der Waals surface area contributed by atoms with Gasteiger partial charge in [-0.15, -0.1) is 0 Å². The van der Waals surface area contributed by atoms with Gasteiger partial charge in [0, 0.05) is 32.4 Å². The van der Waals surface area contributed by atoms with Gasteiger partial charge in [-0.25, -0.2) is 0 Å². The van der Waals surface area contributed by atoms with Crippen molar-refractivity contribution in [1.82, 2.24) is 10.2 Å². The van der Waals surface area contributed by atoms with E-state index in [0.29, 0.717) is 0 Å². The molecule has 1 aliphatic rings. The van der Waals surface area contributed by atoms with E-state index < -0.39 is 16.7 Å². The van der Waals surface area contributed by atoms with E-state index in [9.17, 15) is 19.7 Å². The van der Waals surface area contributed by atoms with Crippen molar-refractivity contribution in [2.24, 2.45) is 0 Å². The molecule has 0 aliphatic carbocycles. The number of hydrogen-bond donors (Lipinski definition) is 2. The lowest BCUT2D eigenvalue weighted by molar-refractivity contribution is -0.383. The fraction of sp³-hybridized carbons (Fsp3) is 0.364. The SMILES string of the molecule is CN(C)c1ccc(C(CNC(=O)C(=O)Nc2ccccc2[N+](=O)[O-])N2CCCC2)cc1. The van der Waals surface area contributed by atoms with Crippen LogP contribution in [-0.4, -0.2) is 55.4 Å². The molecule has 2 aromatic carbocycles. The summed E-state index contributed by atoms with van der Waals surface area (Å²) in [6.07, 6.45) is 2.19. The van der Waals surface area contributed by atoms with E-state index in [0.717, 1.165) is 37.2 Å². The third-order valence-corrected chi connectivity index (χ3v) is 5.39. The summed E-state index contributed by atoms with van der Waals surface area (Å²) < 4.78 is 0. The summed E-state index contributed by atoms with van der Waals surface area (Å²) in [7, 11) is 3.95. The number of carbonyl (C=O) groups excluding carboxylic acids is 2. The minimum atomic E-state index is -0.933. The molecule has 0 aromatic heterocycles. The van der Waals surface area contributed by atoms with Crippen molar-refractivity contribution in [2.45, 2.75) is 18.9 Å². The van der Waals surface area contributed by atoms with Gasteiger partial charge < -0.3 is 15.5 Å². The van der Waals surface area contributed by atoms with Crippen molar-refractivity contribution < 1.29 is 14.5 Å². The summed E-state index contributed by atoms with van der Waals surface area (Å²) in [5.74, 6) is -1.76. The number of likely N-dealkylation sites (tertiary alicyclic amines) is 1. The van der Waals surface area contributed by atoms with Gasteiger partial charge in [0.1, 0.15) is 5.69 Å². The highest BCUT2D eigenvalue weighted by Crippen LogP contribution is 2.26. The van der Waals surface area contributed by atoms with Gasteiger partial charge in [-0.1, -0.05) is 24.3 Å². The Labute approximate surface area is 181 Å². The predicted molar refractivity (Wildman–Crippen MR) is 119 cm³/mol. The Morgan fingerprint density at radius 2 is 1.71 bits per heavy atom. The number of nitro groups is 1. The van der Waals surface area contributed by atoms with Crippen LogP contribution in [0.15, 0.2) is 48.5 Å². The van der Waals surface area contributed by atoms with Gasteiger partial charge in [-0.3, -0.25) is 24.6 Å². The maximum Gasteiger partial charge on any atom is 0.313 e. The molecule has 1 atom stereocenters. The lowest BCUT2D eigenvalue weighted by atomic mass is 10.0. The van der Waals surface area contributed by atoms with Gasteiger partial charge in [0.2, 0.25) is 0 Å². The van der Waals surface area contributed by atoms with Gasteiger partial charge in [0.25, 0.3) is 5.69 Å². The molecular formula is C22H27N5O4. The maximum atomic E-state index is 12.4. The number of para-hydroxylation sites is 2. The van der Waals surface area contributed by atoms with Crippen molar-refractivity contribution in [3.8, 4) is 0 Å². The lowest BCUT2D eigenvalue weighted by Gasteiger charge is -2.28. The highest BCUT2D eigenvalue weighted by atomic mass is 16.6. The Balaban J connectivity index is 1.67. The van der Waals surface area contributed by atoms with Crippen molar-refractivity contribution in [2.75, 3.05) is 43.9 Å². The van der Waals surface area contributed by atoms with Gasteiger partial charge in [0.15, 0.2) is 0 Å². The minimum Gasteiger partial charge on any atom is -0.378 e. The number of nitro benzene ring substituents is 1. The Morgan fingerprint density at radius 3 is 2.32 bits per heavy atom. The molecule has 164 valence electrons. The van der Waals surface area contributed by atoms with E-state index in [1.54, 1.807) is 6.07 Å². The highest BCUT2D eigenvalue weighted by Gasteiger charge is 2.26. The second-order valence-corrected chi connectivity index (χ2v) is 7.68. The number of hydrogen-bond acceptors (Lipinski definition) is 6. The molecule has 31 heavy (non-hydrogen) atoms. The standard InChI is InChI=1S/C22H27N5O4/c1-25(2)17-11-9-16(10-12-17)20(26-13-5-6-14-26)15-23-21(28)22(29)24-18-7-3-4-8-19(18)27(30)31/h3-4,7-12,20H,5-6,13-15H2,1-2H3,(H,23,28)(H,24,29). The van der Waals surface area contributed by atoms with Crippen LogP contribution in [0.5, 0.6) is 0 Å². The zero-order valence-electron chi connectivity index (χ0n) is 17.7. The van der Waals surface area contributed by atoms with E-state index in [1.807, 2.05) is 43.3 Å². The van der Waals surface area contributed by atoms with E-state index in [1.165, 1.54) is 18.2 Å². The van der Waals surface area contributed by atoms with E-state index in [4.69, 9.17) is 0 Å². The first-order valence-corrected chi connectivity index (χ1v) is 10.2. The summed E-state index contributed by atoms with van der Waals surface area (Å²) in [6, 6.07) is 13.8. The van der Waals surface area contributed by atoms with Gasteiger partial charge in [-0.2, -0.15) is 0 Å². The molecule has 1 heterocycles. The zero-order chi connectivity index (χ0) is 22.4. The molecule has 0 radical (unpaired) electrons. The van der Waals surface area contributed by atoms with E-state index >= 15 is 0 Å². The average Bonchev–Trinajstić information content (AvgIpc) is 3.29. The van der Waals surface area contributed by atoms with Crippen molar-refractivity contribution in [3.05, 3.63) is 64.2 Å². The van der Waals surface area contributed by atoms with Crippen LogP contribution in [0.3, 0.4) is 0 Å². The molecule has 3 rings (SSSR count). The molecule has 1 fully saturated rings. The third kappa shape index (κ3) is 5.58. The Morgan fingerprint density at radius 1 is 1.06 bits per heavy atom. The van der Waals surface area contributed by atoms with Crippen LogP contribution in [0, 0.1) is 10.1 Å². The summed E-state index contributed by atoms with van der Waals surface area (Å²) in [5.41, 5.74) is 1.87. The number of nitrogens with one attached hydrogen (secondary N) is 2. The molecular weight excluding hydrogens is 398 g/mol. The number of rotatable bonds is 7. The first kappa shape index (κ1) is 22.2. The third-order valence-electron chi connectivity index (χ3n) is 5.39. The highest BCUT2D eigenvalue weighted by molar-refractivity contribution is 6.39. The average molecular weight is 425 g/mol. The summed E-state index contributed by atoms with van der Waals surface area (Å²) in [4.78, 5) is 39.5. The molecule has 9 nitrogen and oxygen atoms in total.